The molecule has 0 aromatic carbocycles. The van der Waals surface area contributed by atoms with Crippen molar-refractivity contribution in [1.29, 1.82) is 0 Å². The van der Waals surface area contributed by atoms with Crippen LogP contribution in [0.4, 0.5) is 0 Å². The lowest BCUT2D eigenvalue weighted by Gasteiger charge is -2.31. The molecule has 0 aromatic rings. The van der Waals surface area contributed by atoms with Crippen molar-refractivity contribution in [2.24, 2.45) is 23.7 Å². The Bertz CT molecular complexity index is 211. The number of aliphatic hydroxyl groups is 1. The average Bonchev–Trinajstić information content (AvgIpc) is 2.90. The van der Waals surface area contributed by atoms with Crippen LogP contribution in [0.1, 0.15) is 40.0 Å². The number of hydrogen-bond acceptors (Lipinski definition) is 2. The molecule has 0 spiro atoms. The average molecular weight is 211 g/mol. The molecule has 1 heterocycles. The molecule has 88 valence electrons. The van der Waals surface area contributed by atoms with Gasteiger partial charge in [0, 0.05) is 19.0 Å². The maximum atomic E-state index is 10.3. The third kappa shape index (κ3) is 2.21. The van der Waals surface area contributed by atoms with Gasteiger partial charge in [-0.1, -0.05) is 27.2 Å². The van der Waals surface area contributed by atoms with Crippen molar-refractivity contribution < 1.29 is 5.11 Å². The Morgan fingerprint density at radius 3 is 2.13 bits per heavy atom. The number of rotatable bonds is 3. The van der Waals surface area contributed by atoms with E-state index in [1.54, 1.807) is 0 Å². The lowest BCUT2D eigenvalue weighted by molar-refractivity contribution is -0.0306. The molecule has 4 unspecified atom stereocenters. The SMILES string of the molecule is CC(C)C1C(C)C1C(O)N1CCCCC1. The molecule has 1 aliphatic heterocycles. The number of likely N-dealkylation sites (tertiary alicyclic amines) is 1. The normalized spacial score (nSPS) is 39.4. The number of aliphatic hydroxyl groups excluding tert-OH is 1. The topological polar surface area (TPSA) is 23.5 Å². The van der Waals surface area contributed by atoms with Gasteiger partial charge in [-0.25, -0.2) is 0 Å². The van der Waals surface area contributed by atoms with Crippen molar-refractivity contribution in [2.75, 3.05) is 13.1 Å². The van der Waals surface area contributed by atoms with Gasteiger partial charge in [-0.05, 0) is 30.6 Å². The van der Waals surface area contributed by atoms with Crippen molar-refractivity contribution in [3.8, 4) is 0 Å². The Hall–Kier alpha value is -0.0800. The molecule has 0 amide bonds. The fraction of sp³-hybridized carbons (Fsp3) is 1.00. The number of hydrogen-bond donors (Lipinski definition) is 1. The van der Waals surface area contributed by atoms with Gasteiger partial charge in [0.05, 0.1) is 0 Å². The Labute approximate surface area is 93.7 Å². The molecule has 4 atom stereocenters. The number of nitrogens with zero attached hydrogens (tertiary/aromatic N) is 1. The monoisotopic (exact) mass is 211 g/mol. The standard InChI is InChI=1S/C13H25NO/c1-9(2)11-10(3)12(11)13(15)14-7-5-4-6-8-14/h9-13,15H,4-8H2,1-3H3. The highest BCUT2D eigenvalue weighted by molar-refractivity contribution is 4.99. The zero-order chi connectivity index (χ0) is 11.0. The summed E-state index contributed by atoms with van der Waals surface area (Å²) in [4.78, 5) is 2.30. The smallest absolute Gasteiger partial charge is 0.110 e. The second-order valence-electron chi connectivity index (χ2n) is 5.77. The molecule has 1 saturated carbocycles. The van der Waals surface area contributed by atoms with Gasteiger partial charge in [-0.15, -0.1) is 0 Å². The van der Waals surface area contributed by atoms with Gasteiger partial charge in [0.2, 0.25) is 0 Å². The molecule has 2 rings (SSSR count). The fourth-order valence-electron chi connectivity index (χ4n) is 3.47. The Balaban J connectivity index is 1.88. The second kappa shape index (κ2) is 4.42. The van der Waals surface area contributed by atoms with E-state index in [-0.39, 0.29) is 6.23 Å². The highest BCUT2D eigenvalue weighted by Gasteiger charge is 2.53. The summed E-state index contributed by atoms with van der Waals surface area (Å²) in [6.07, 6.45) is 3.72. The molecule has 0 bridgehead atoms. The Morgan fingerprint density at radius 2 is 1.67 bits per heavy atom. The molecule has 1 aliphatic carbocycles. The van der Waals surface area contributed by atoms with Crippen LogP contribution < -0.4 is 0 Å². The summed E-state index contributed by atoms with van der Waals surface area (Å²) in [5.41, 5.74) is 0. The highest BCUT2D eigenvalue weighted by Crippen LogP contribution is 2.53. The lowest BCUT2D eigenvalue weighted by Crippen LogP contribution is -2.41. The van der Waals surface area contributed by atoms with E-state index in [1.165, 1.54) is 19.3 Å². The van der Waals surface area contributed by atoms with Crippen LogP contribution in [0.5, 0.6) is 0 Å². The molecule has 2 aliphatic rings. The summed E-state index contributed by atoms with van der Waals surface area (Å²) in [7, 11) is 0. The van der Waals surface area contributed by atoms with E-state index in [1.807, 2.05) is 0 Å². The largest absolute Gasteiger partial charge is 0.378 e. The van der Waals surface area contributed by atoms with Crippen molar-refractivity contribution in [1.82, 2.24) is 4.90 Å². The minimum absolute atomic E-state index is 0.160. The molecule has 1 saturated heterocycles. The summed E-state index contributed by atoms with van der Waals surface area (Å²) in [5.74, 6) is 2.75. The Kier molecular flexibility index (Phi) is 3.36. The minimum Gasteiger partial charge on any atom is -0.378 e. The van der Waals surface area contributed by atoms with E-state index < -0.39 is 0 Å². The zero-order valence-electron chi connectivity index (χ0n) is 10.3. The molecule has 2 heteroatoms. The fourth-order valence-corrected chi connectivity index (χ4v) is 3.47. The van der Waals surface area contributed by atoms with Gasteiger partial charge in [0.15, 0.2) is 0 Å². The van der Waals surface area contributed by atoms with Gasteiger partial charge < -0.3 is 5.11 Å². The first kappa shape index (κ1) is 11.4. The third-order valence-electron chi connectivity index (χ3n) is 4.40. The van der Waals surface area contributed by atoms with E-state index in [0.29, 0.717) is 5.92 Å². The van der Waals surface area contributed by atoms with Gasteiger partial charge in [0.1, 0.15) is 6.23 Å². The number of piperidine rings is 1. The summed E-state index contributed by atoms with van der Waals surface area (Å²) in [5, 5.41) is 10.3. The van der Waals surface area contributed by atoms with E-state index in [4.69, 9.17) is 0 Å². The second-order valence-corrected chi connectivity index (χ2v) is 5.77. The van der Waals surface area contributed by atoms with Gasteiger partial charge in [-0.2, -0.15) is 0 Å². The quantitative estimate of drug-likeness (QED) is 0.774. The maximum absolute atomic E-state index is 10.3. The van der Waals surface area contributed by atoms with Crippen LogP contribution in [0, 0.1) is 23.7 Å². The predicted octanol–water partition coefficient (Wildman–Crippen LogP) is 2.33. The molecule has 2 fully saturated rings. The molecule has 15 heavy (non-hydrogen) atoms. The minimum atomic E-state index is -0.160. The Morgan fingerprint density at radius 1 is 1.07 bits per heavy atom. The summed E-state index contributed by atoms with van der Waals surface area (Å²) in [6, 6.07) is 0. The first-order valence-electron chi connectivity index (χ1n) is 6.55. The third-order valence-corrected chi connectivity index (χ3v) is 4.40. The van der Waals surface area contributed by atoms with Crippen LogP contribution in [-0.2, 0) is 0 Å². The van der Waals surface area contributed by atoms with E-state index in [2.05, 4.69) is 25.7 Å². The van der Waals surface area contributed by atoms with Crippen molar-refractivity contribution in [2.45, 2.75) is 46.3 Å². The first-order valence-corrected chi connectivity index (χ1v) is 6.55. The molecule has 1 N–H and O–H groups in total. The molecule has 0 radical (unpaired) electrons. The maximum Gasteiger partial charge on any atom is 0.110 e. The van der Waals surface area contributed by atoms with E-state index >= 15 is 0 Å². The van der Waals surface area contributed by atoms with Crippen LogP contribution >= 0.6 is 0 Å². The lowest BCUT2D eigenvalue weighted by atomic mass is 10.0. The molecular weight excluding hydrogens is 186 g/mol. The van der Waals surface area contributed by atoms with Crippen LogP contribution in [0.3, 0.4) is 0 Å². The summed E-state index contributed by atoms with van der Waals surface area (Å²) in [6.45, 7) is 9.07. The zero-order valence-corrected chi connectivity index (χ0v) is 10.3. The van der Waals surface area contributed by atoms with Crippen LogP contribution in [0.2, 0.25) is 0 Å². The molecular formula is C13H25NO. The van der Waals surface area contributed by atoms with Crippen molar-refractivity contribution in [3.63, 3.8) is 0 Å². The van der Waals surface area contributed by atoms with Crippen molar-refractivity contribution in [3.05, 3.63) is 0 Å². The van der Waals surface area contributed by atoms with E-state index in [9.17, 15) is 5.11 Å². The van der Waals surface area contributed by atoms with Crippen LogP contribution in [0.25, 0.3) is 0 Å². The highest BCUT2D eigenvalue weighted by atomic mass is 16.3. The first-order chi connectivity index (χ1) is 7.13. The van der Waals surface area contributed by atoms with Gasteiger partial charge >= 0.3 is 0 Å². The molecule has 2 nitrogen and oxygen atoms in total. The van der Waals surface area contributed by atoms with E-state index in [0.717, 1.165) is 30.8 Å². The van der Waals surface area contributed by atoms with Crippen LogP contribution in [-0.4, -0.2) is 29.3 Å². The predicted molar refractivity (Wildman–Crippen MR) is 62.4 cm³/mol. The summed E-state index contributed by atoms with van der Waals surface area (Å²) < 4.78 is 0. The van der Waals surface area contributed by atoms with Gasteiger partial charge in [-0.3, -0.25) is 4.90 Å². The molecule has 0 aromatic heterocycles. The van der Waals surface area contributed by atoms with Crippen molar-refractivity contribution >= 4 is 0 Å². The van der Waals surface area contributed by atoms with Crippen LogP contribution in [0.15, 0.2) is 0 Å². The summed E-state index contributed by atoms with van der Waals surface area (Å²) >= 11 is 0. The van der Waals surface area contributed by atoms with Gasteiger partial charge in [0.25, 0.3) is 0 Å².